The molecular formula is C14H20ClN3. The van der Waals surface area contributed by atoms with Crippen molar-refractivity contribution >= 4 is 22.8 Å². The van der Waals surface area contributed by atoms with E-state index in [2.05, 4.69) is 28.4 Å². The van der Waals surface area contributed by atoms with Crippen molar-refractivity contribution in [3.05, 3.63) is 23.7 Å². The van der Waals surface area contributed by atoms with Crippen molar-refractivity contribution in [3.8, 4) is 0 Å². The molecule has 0 aliphatic heterocycles. The van der Waals surface area contributed by atoms with Crippen LogP contribution in [-0.4, -0.2) is 14.5 Å². The predicted molar refractivity (Wildman–Crippen MR) is 76.0 cm³/mol. The number of halogens is 1. The minimum Gasteiger partial charge on any atom is -0.312 e. The Morgan fingerprint density at radius 1 is 1.28 bits per heavy atom. The van der Waals surface area contributed by atoms with Crippen molar-refractivity contribution in [1.29, 1.82) is 0 Å². The summed E-state index contributed by atoms with van der Waals surface area (Å²) in [5, 5.41) is 0. The molecule has 18 heavy (non-hydrogen) atoms. The van der Waals surface area contributed by atoms with Gasteiger partial charge in [-0.3, -0.25) is 0 Å². The van der Waals surface area contributed by atoms with Crippen molar-refractivity contribution in [2.45, 2.75) is 52.0 Å². The Morgan fingerprint density at radius 2 is 2.11 bits per heavy atom. The van der Waals surface area contributed by atoms with Gasteiger partial charge >= 0.3 is 0 Å². The van der Waals surface area contributed by atoms with E-state index >= 15 is 0 Å². The van der Waals surface area contributed by atoms with E-state index in [0.29, 0.717) is 5.88 Å². The molecule has 0 amide bonds. The van der Waals surface area contributed by atoms with Crippen LogP contribution in [0.25, 0.3) is 11.2 Å². The predicted octanol–water partition coefficient (Wildman–Crippen LogP) is 4.06. The zero-order chi connectivity index (χ0) is 13.0. The zero-order valence-corrected chi connectivity index (χ0v) is 11.9. The monoisotopic (exact) mass is 265 g/mol. The molecular weight excluding hydrogens is 246 g/mol. The number of hydrogen-bond donors (Lipinski definition) is 0. The molecule has 0 aromatic carbocycles. The van der Waals surface area contributed by atoms with Gasteiger partial charge < -0.3 is 4.57 Å². The average molecular weight is 266 g/mol. The van der Waals surface area contributed by atoms with Gasteiger partial charge in [-0.05, 0) is 25.0 Å². The molecule has 0 saturated carbocycles. The minimum absolute atomic E-state index is 0.448. The van der Waals surface area contributed by atoms with Gasteiger partial charge in [0.15, 0.2) is 5.65 Å². The number of hydrogen-bond acceptors (Lipinski definition) is 2. The fourth-order valence-electron chi connectivity index (χ4n) is 2.22. The van der Waals surface area contributed by atoms with Crippen LogP contribution in [-0.2, 0) is 12.4 Å². The first kappa shape index (κ1) is 13.3. The Hall–Kier alpha value is -1.09. The first-order valence-corrected chi connectivity index (χ1v) is 7.18. The molecule has 2 aromatic heterocycles. The number of rotatable bonds is 6. The molecule has 0 atom stereocenters. The third-order valence-corrected chi connectivity index (χ3v) is 3.51. The molecule has 0 saturated heterocycles. The summed E-state index contributed by atoms with van der Waals surface area (Å²) in [6.07, 6.45) is 6.81. The van der Waals surface area contributed by atoms with Crippen LogP contribution in [0.5, 0.6) is 0 Å². The first-order chi connectivity index (χ1) is 8.77. The first-order valence-electron chi connectivity index (χ1n) is 6.64. The summed E-state index contributed by atoms with van der Waals surface area (Å²) in [5.41, 5.74) is 3.13. The lowest BCUT2D eigenvalue weighted by atomic mass is 10.2. The smallest absolute Gasteiger partial charge is 0.160 e. The van der Waals surface area contributed by atoms with Gasteiger partial charge in [0.1, 0.15) is 11.3 Å². The molecule has 2 aromatic rings. The summed E-state index contributed by atoms with van der Waals surface area (Å²) in [6, 6.07) is 1.99. The third kappa shape index (κ3) is 2.66. The third-order valence-electron chi connectivity index (χ3n) is 3.27. The summed E-state index contributed by atoms with van der Waals surface area (Å²) < 4.78 is 2.17. The van der Waals surface area contributed by atoms with Crippen molar-refractivity contribution in [2.24, 2.45) is 0 Å². The molecule has 2 heterocycles. The van der Waals surface area contributed by atoms with Crippen LogP contribution < -0.4 is 0 Å². The second-order valence-electron chi connectivity index (χ2n) is 4.67. The quantitative estimate of drug-likeness (QED) is 0.583. The van der Waals surface area contributed by atoms with Gasteiger partial charge in [0, 0.05) is 12.7 Å². The molecule has 0 N–H and O–H groups in total. The van der Waals surface area contributed by atoms with Crippen LogP contribution in [0.1, 0.15) is 44.0 Å². The normalized spacial score (nSPS) is 11.3. The number of aromatic nitrogens is 3. The minimum atomic E-state index is 0.448. The highest BCUT2D eigenvalue weighted by Crippen LogP contribution is 2.19. The number of imidazole rings is 1. The number of pyridine rings is 1. The molecule has 4 heteroatoms. The number of unbranched alkanes of at least 4 members (excludes halogenated alkanes) is 3. The van der Waals surface area contributed by atoms with E-state index in [0.717, 1.165) is 23.5 Å². The maximum atomic E-state index is 5.98. The second-order valence-corrected chi connectivity index (χ2v) is 4.94. The topological polar surface area (TPSA) is 30.7 Å². The van der Waals surface area contributed by atoms with Gasteiger partial charge in [0.05, 0.1) is 5.88 Å². The van der Waals surface area contributed by atoms with Gasteiger partial charge in [-0.25, -0.2) is 9.97 Å². The largest absolute Gasteiger partial charge is 0.312 e. The lowest BCUT2D eigenvalue weighted by molar-refractivity contribution is 0.578. The van der Waals surface area contributed by atoms with E-state index in [1.54, 1.807) is 0 Å². The Kier molecular flexibility index (Phi) is 4.59. The van der Waals surface area contributed by atoms with E-state index in [1.807, 2.05) is 12.3 Å². The number of aryl methyl sites for hydroxylation is 2. The van der Waals surface area contributed by atoms with Crippen LogP contribution in [0, 0.1) is 6.92 Å². The highest BCUT2D eigenvalue weighted by atomic mass is 35.5. The molecule has 0 bridgehead atoms. The number of nitrogens with zero attached hydrogens (tertiary/aromatic N) is 3. The van der Waals surface area contributed by atoms with Gasteiger partial charge in [0.25, 0.3) is 0 Å². The Balaban J connectivity index is 2.26. The number of fused-ring (bicyclic) bond motifs is 1. The van der Waals surface area contributed by atoms with Crippen molar-refractivity contribution in [2.75, 3.05) is 0 Å². The number of alkyl halides is 1. The molecule has 0 aliphatic rings. The zero-order valence-electron chi connectivity index (χ0n) is 11.1. The lowest BCUT2D eigenvalue weighted by Gasteiger charge is -2.06. The molecule has 3 nitrogen and oxygen atoms in total. The van der Waals surface area contributed by atoms with Gasteiger partial charge in [-0.2, -0.15) is 0 Å². The van der Waals surface area contributed by atoms with E-state index in [4.69, 9.17) is 11.6 Å². The lowest BCUT2D eigenvalue weighted by Crippen LogP contribution is -2.03. The molecule has 98 valence electrons. The van der Waals surface area contributed by atoms with Crippen LogP contribution >= 0.6 is 11.6 Å². The van der Waals surface area contributed by atoms with Crippen molar-refractivity contribution < 1.29 is 0 Å². The van der Waals surface area contributed by atoms with Crippen LogP contribution in [0.3, 0.4) is 0 Å². The summed E-state index contributed by atoms with van der Waals surface area (Å²) in [4.78, 5) is 9.05. The van der Waals surface area contributed by atoms with E-state index in [9.17, 15) is 0 Å². The Labute approximate surface area is 113 Å². The maximum Gasteiger partial charge on any atom is 0.160 e. The second kappa shape index (κ2) is 6.19. The van der Waals surface area contributed by atoms with E-state index < -0.39 is 0 Å². The molecule has 0 fully saturated rings. The Bertz CT molecular complexity index is 519. The van der Waals surface area contributed by atoms with Gasteiger partial charge in [0.2, 0.25) is 0 Å². The van der Waals surface area contributed by atoms with Crippen LogP contribution in [0.15, 0.2) is 12.3 Å². The van der Waals surface area contributed by atoms with Crippen LogP contribution in [0.2, 0.25) is 0 Å². The average Bonchev–Trinajstić information content (AvgIpc) is 2.74. The summed E-state index contributed by atoms with van der Waals surface area (Å²) in [6.45, 7) is 5.26. The fraction of sp³-hybridized carbons (Fsp3) is 0.571. The van der Waals surface area contributed by atoms with Crippen molar-refractivity contribution in [3.63, 3.8) is 0 Å². The van der Waals surface area contributed by atoms with Gasteiger partial charge in [-0.15, -0.1) is 11.6 Å². The summed E-state index contributed by atoms with van der Waals surface area (Å²) in [7, 11) is 0. The summed E-state index contributed by atoms with van der Waals surface area (Å²) >= 11 is 5.98. The SMILES string of the molecule is CCCCCCn1c(CCl)nc2c(C)ccnc21. The highest BCUT2D eigenvalue weighted by molar-refractivity contribution is 6.16. The standard InChI is InChI=1S/C14H20ClN3/c1-3-4-5-6-9-18-12(10-15)17-13-11(2)7-8-16-14(13)18/h7-8H,3-6,9-10H2,1-2H3. The molecule has 0 aliphatic carbocycles. The maximum absolute atomic E-state index is 5.98. The Morgan fingerprint density at radius 3 is 2.83 bits per heavy atom. The van der Waals surface area contributed by atoms with Crippen LogP contribution in [0.4, 0.5) is 0 Å². The molecule has 0 unspecified atom stereocenters. The van der Waals surface area contributed by atoms with Crippen molar-refractivity contribution in [1.82, 2.24) is 14.5 Å². The highest BCUT2D eigenvalue weighted by Gasteiger charge is 2.11. The van der Waals surface area contributed by atoms with E-state index in [-0.39, 0.29) is 0 Å². The summed E-state index contributed by atoms with van der Waals surface area (Å²) in [5.74, 6) is 1.38. The fourth-order valence-corrected chi connectivity index (χ4v) is 2.42. The molecule has 2 rings (SSSR count). The molecule has 0 radical (unpaired) electrons. The van der Waals surface area contributed by atoms with E-state index in [1.165, 1.54) is 31.2 Å². The van der Waals surface area contributed by atoms with Gasteiger partial charge in [-0.1, -0.05) is 26.2 Å². The molecule has 0 spiro atoms.